The van der Waals surface area contributed by atoms with Crippen LogP contribution in [-0.4, -0.2) is 34.2 Å². The smallest absolute Gasteiger partial charge is 0.217 e. The Morgan fingerprint density at radius 2 is 2.14 bits per heavy atom. The molecule has 0 fully saturated rings. The van der Waals surface area contributed by atoms with Crippen LogP contribution in [0.1, 0.15) is 26.5 Å². The van der Waals surface area contributed by atoms with Gasteiger partial charge < -0.3 is 10.6 Å². The molecule has 0 saturated heterocycles. The lowest BCUT2D eigenvalue weighted by Crippen LogP contribution is -2.61. The average molecular weight is 401 g/mol. The average Bonchev–Trinajstić information content (AvgIpc) is 3.06. The second kappa shape index (κ2) is 8.73. The van der Waals surface area contributed by atoms with Gasteiger partial charge in [-0.05, 0) is 36.2 Å². The molecule has 0 saturated carbocycles. The van der Waals surface area contributed by atoms with Crippen molar-refractivity contribution in [1.82, 2.24) is 15.6 Å². The van der Waals surface area contributed by atoms with E-state index in [1.807, 2.05) is 24.3 Å². The molecule has 5 nitrogen and oxygen atoms in total. The Bertz CT molecular complexity index is 845. The van der Waals surface area contributed by atoms with E-state index in [9.17, 15) is 9.18 Å². The number of nitrogens with zero attached hydrogens (tertiary/aromatic N) is 2. The Morgan fingerprint density at radius 1 is 1.32 bits per heavy atom. The second-order valence-corrected chi connectivity index (χ2v) is 8.38. The molecular weight excluding hydrogens is 375 g/mol. The maximum Gasteiger partial charge on any atom is 0.217 e. The molecule has 3 atom stereocenters. The van der Waals surface area contributed by atoms with E-state index in [4.69, 9.17) is 4.99 Å². The Kier molecular flexibility index (Phi) is 6.34. The summed E-state index contributed by atoms with van der Waals surface area (Å²) in [6.07, 6.45) is 4.00. The van der Waals surface area contributed by atoms with Crippen molar-refractivity contribution in [3.63, 3.8) is 0 Å². The number of amides is 1. The van der Waals surface area contributed by atoms with Crippen LogP contribution in [-0.2, 0) is 11.2 Å². The first-order chi connectivity index (χ1) is 13.4. The van der Waals surface area contributed by atoms with Gasteiger partial charge in [-0.1, -0.05) is 37.7 Å². The first kappa shape index (κ1) is 20.3. The summed E-state index contributed by atoms with van der Waals surface area (Å²) in [5.41, 5.74) is 0.276. The van der Waals surface area contributed by atoms with Gasteiger partial charge >= 0.3 is 0 Å². The fraction of sp³-hybridized carbons (Fsp3) is 0.381. The maximum atomic E-state index is 13.7. The molecule has 1 amide bonds. The van der Waals surface area contributed by atoms with Crippen LogP contribution in [0, 0.1) is 11.7 Å². The normalized spacial score (nSPS) is 22.1. The van der Waals surface area contributed by atoms with E-state index in [1.54, 1.807) is 18.6 Å². The number of carbonyl (C=O) groups excluding carboxylic acids is 1. The minimum Gasteiger partial charge on any atom is -0.362 e. The zero-order valence-corrected chi connectivity index (χ0v) is 17.0. The highest BCUT2D eigenvalue weighted by Gasteiger charge is 2.51. The molecule has 0 bridgehead atoms. The van der Waals surface area contributed by atoms with Crippen molar-refractivity contribution in [2.24, 2.45) is 10.9 Å². The summed E-state index contributed by atoms with van der Waals surface area (Å²) in [6, 6.07) is 12.0. The molecule has 2 heterocycles. The highest BCUT2D eigenvalue weighted by atomic mass is 32.2. The minimum absolute atomic E-state index is 0.113. The largest absolute Gasteiger partial charge is 0.362 e. The quantitative estimate of drug-likeness (QED) is 0.748. The van der Waals surface area contributed by atoms with Gasteiger partial charge in [0.05, 0.1) is 12.4 Å². The number of aromatic nitrogens is 1. The predicted molar refractivity (Wildman–Crippen MR) is 111 cm³/mol. The van der Waals surface area contributed by atoms with Crippen molar-refractivity contribution in [1.29, 1.82) is 0 Å². The van der Waals surface area contributed by atoms with Crippen molar-refractivity contribution >= 4 is 24.0 Å². The van der Waals surface area contributed by atoms with Gasteiger partial charge in [0.1, 0.15) is 16.7 Å². The summed E-state index contributed by atoms with van der Waals surface area (Å²) in [5.74, 6) is -0.270. The van der Waals surface area contributed by atoms with Crippen molar-refractivity contribution in [3.05, 3.63) is 60.2 Å². The first-order valence-corrected chi connectivity index (χ1v) is 10.2. The molecule has 0 radical (unpaired) electrons. The van der Waals surface area contributed by atoms with Crippen LogP contribution in [0.3, 0.4) is 0 Å². The number of hydrogen-bond acceptors (Lipinski definition) is 5. The summed E-state index contributed by atoms with van der Waals surface area (Å²) in [6.45, 7) is 5.70. The molecule has 2 aromatic rings. The van der Waals surface area contributed by atoms with Crippen LogP contribution in [0.5, 0.6) is 0 Å². The first-order valence-electron chi connectivity index (χ1n) is 9.31. The highest BCUT2D eigenvalue weighted by Crippen LogP contribution is 2.41. The number of halogens is 1. The highest BCUT2D eigenvalue weighted by molar-refractivity contribution is 8.00. The van der Waals surface area contributed by atoms with E-state index in [0.29, 0.717) is 6.42 Å². The van der Waals surface area contributed by atoms with Crippen LogP contribution in [0.15, 0.2) is 58.5 Å². The molecular formula is C21H25FN4OS. The van der Waals surface area contributed by atoms with E-state index >= 15 is 0 Å². The Morgan fingerprint density at radius 3 is 2.79 bits per heavy atom. The summed E-state index contributed by atoms with van der Waals surface area (Å²) < 4.78 is 13.7. The van der Waals surface area contributed by atoms with Crippen LogP contribution < -0.4 is 10.6 Å². The van der Waals surface area contributed by atoms with Gasteiger partial charge in [0.15, 0.2) is 0 Å². The van der Waals surface area contributed by atoms with Gasteiger partial charge in [0, 0.05) is 30.1 Å². The number of aliphatic imine (C=N–C) groups is 1. The molecule has 148 valence electrons. The molecule has 0 aliphatic carbocycles. The Labute approximate surface area is 169 Å². The van der Waals surface area contributed by atoms with E-state index in [2.05, 4.69) is 29.5 Å². The number of pyridine rings is 1. The number of benzene rings is 1. The molecule has 0 spiro atoms. The number of rotatable bonds is 7. The fourth-order valence-corrected chi connectivity index (χ4v) is 5.08. The molecule has 28 heavy (non-hydrogen) atoms. The van der Waals surface area contributed by atoms with Gasteiger partial charge in [-0.3, -0.25) is 14.8 Å². The third-order valence-corrected chi connectivity index (χ3v) is 6.26. The maximum absolute atomic E-state index is 13.7. The Hall–Kier alpha value is -2.41. The second-order valence-electron chi connectivity index (χ2n) is 7.20. The van der Waals surface area contributed by atoms with Crippen LogP contribution in [0.25, 0.3) is 0 Å². The van der Waals surface area contributed by atoms with Crippen LogP contribution in [0.4, 0.5) is 4.39 Å². The number of nitrogens with one attached hydrogen (secondary N) is 2. The molecule has 1 aliphatic rings. The van der Waals surface area contributed by atoms with Crippen molar-refractivity contribution in [2.45, 2.75) is 49.0 Å². The third kappa shape index (κ3) is 4.35. The monoisotopic (exact) mass is 400 g/mol. The summed E-state index contributed by atoms with van der Waals surface area (Å²) in [7, 11) is 0. The van der Waals surface area contributed by atoms with Gasteiger partial charge in [-0.25, -0.2) is 4.39 Å². The Balaban J connectivity index is 1.95. The standard InChI is InChI=1S/C21H25FN4OS/c1-14(2)21(19(26-15(3)27)12-17-8-4-5-10-23-17)20(24-13-25-21)28-18-9-6-7-16(22)11-18/h4-11,13-14,19-20H,12H2,1-3H3,(H,24,25)(H,26,27). The molecule has 1 aliphatic heterocycles. The molecule has 3 rings (SSSR count). The van der Waals surface area contributed by atoms with Crippen molar-refractivity contribution in [3.8, 4) is 0 Å². The molecule has 1 aromatic carbocycles. The molecule has 1 aromatic heterocycles. The molecule has 3 unspecified atom stereocenters. The SMILES string of the molecule is CC(=O)NC(Cc1ccccn1)C1(C(C)C)N=CNC1Sc1cccc(F)c1. The summed E-state index contributed by atoms with van der Waals surface area (Å²) in [5, 5.41) is 6.26. The summed E-state index contributed by atoms with van der Waals surface area (Å²) >= 11 is 1.52. The van der Waals surface area contributed by atoms with Gasteiger partial charge in [-0.15, -0.1) is 0 Å². The van der Waals surface area contributed by atoms with Crippen molar-refractivity contribution in [2.75, 3.05) is 0 Å². The van der Waals surface area contributed by atoms with Gasteiger partial charge in [0.25, 0.3) is 0 Å². The lowest BCUT2D eigenvalue weighted by molar-refractivity contribution is -0.120. The minimum atomic E-state index is -0.611. The van der Waals surface area contributed by atoms with Crippen LogP contribution in [0.2, 0.25) is 0 Å². The fourth-order valence-electron chi connectivity index (χ4n) is 3.65. The zero-order chi connectivity index (χ0) is 20.1. The number of thioether (sulfide) groups is 1. The zero-order valence-electron chi connectivity index (χ0n) is 16.2. The summed E-state index contributed by atoms with van der Waals surface area (Å²) in [4.78, 5) is 22.1. The molecule has 7 heteroatoms. The van der Waals surface area contributed by atoms with E-state index < -0.39 is 5.54 Å². The van der Waals surface area contributed by atoms with Crippen LogP contribution >= 0.6 is 11.8 Å². The molecule has 2 N–H and O–H groups in total. The van der Waals surface area contributed by atoms with E-state index in [0.717, 1.165) is 10.6 Å². The van der Waals surface area contributed by atoms with E-state index in [-0.39, 0.29) is 29.1 Å². The van der Waals surface area contributed by atoms with E-state index in [1.165, 1.54) is 30.8 Å². The topological polar surface area (TPSA) is 66.4 Å². The third-order valence-electron chi connectivity index (χ3n) is 4.98. The van der Waals surface area contributed by atoms with Gasteiger partial charge in [-0.2, -0.15) is 0 Å². The number of carbonyl (C=O) groups is 1. The number of hydrogen-bond donors (Lipinski definition) is 2. The predicted octanol–water partition coefficient (Wildman–Crippen LogP) is 3.41. The lowest BCUT2D eigenvalue weighted by atomic mass is 9.78. The van der Waals surface area contributed by atoms with Gasteiger partial charge in [0.2, 0.25) is 5.91 Å². The van der Waals surface area contributed by atoms with Crippen molar-refractivity contribution < 1.29 is 9.18 Å². The lowest BCUT2D eigenvalue weighted by Gasteiger charge is -2.42.